The smallest absolute Gasteiger partial charge is 0.261 e. The molecule has 0 radical (unpaired) electrons. The van der Waals surface area contributed by atoms with Gasteiger partial charge in [-0.15, -0.1) is 0 Å². The van der Waals surface area contributed by atoms with E-state index in [1.54, 1.807) is 37.4 Å². The van der Waals surface area contributed by atoms with E-state index in [4.69, 9.17) is 13.9 Å². The van der Waals surface area contributed by atoms with Crippen molar-refractivity contribution in [2.75, 3.05) is 13.7 Å². The van der Waals surface area contributed by atoms with Crippen molar-refractivity contribution in [1.29, 1.82) is 0 Å². The van der Waals surface area contributed by atoms with Gasteiger partial charge in [-0.05, 0) is 54.6 Å². The molecule has 0 unspecified atom stereocenters. The Morgan fingerprint density at radius 1 is 1.27 bits per heavy atom. The van der Waals surface area contributed by atoms with E-state index < -0.39 is 5.97 Å². The van der Waals surface area contributed by atoms with Gasteiger partial charge in [0.05, 0.1) is 19.7 Å². The molecule has 3 aromatic rings. The number of aliphatic carboxylic acids is 1. The van der Waals surface area contributed by atoms with Gasteiger partial charge < -0.3 is 23.8 Å². The largest absolute Gasteiger partial charge is 0.544 e. The summed E-state index contributed by atoms with van der Waals surface area (Å²) < 4.78 is 16.3. The van der Waals surface area contributed by atoms with Gasteiger partial charge in [-0.2, -0.15) is 0 Å². The maximum atomic E-state index is 11.5. The number of rotatable bonds is 7. The van der Waals surface area contributed by atoms with Gasteiger partial charge >= 0.3 is 0 Å². The lowest BCUT2D eigenvalue weighted by molar-refractivity contribution is -0.298. The number of hydrogen-bond acceptors (Lipinski definition) is 7. The van der Waals surface area contributed by atoms with Crippen LogP contribution in [-0.2, 0) is 4.79 Å². The van der Waals surface area contributed by atoms with E-state index in [-0.39, 0.29) is 10.1 Å². The molecule has 1 heterocycles. The molecule has 0 saturated carbocycles. The third-order valence-corrected chi connectivity index (χ3v) is 4.31. The maximum Gasteiger partial charge on any atom is 0.261 e. The summed E-state index contributed by atoms with van der Waals surface area (Å²) >= 11 is 0.896. The third kappa shape index (κ3) is 4.00. The van der Waals surface area contributed by atoms with Crippen LogP contribution in [0.4, 0.5) is 0 Å². The fourth-order valence-corrected chi connectivity index (χ4v) is 3.06. The van der Waals surface area contributed by atoms with Crippen molar-refractivity contribution >= 4 is 34.9 Å². The second-order valence-corrected chi connectivity index (χ2v) is 6.18. The molecule has 0 amide bonds. The topological polar surface area (TPSA) is 84.6 Å². The molecule has 0 aliphatic heterocycles. The minimum Gasteiger partial charge on any atom is -0.544 e. The van der Waals surface area contributed by atoms with Crippen LogP contribution in [-0.4, -0.2) is 24.7 Å². The first kappa shape index (κ1) is 17.9. The van der Waals surface area contributed by atoms with Gasteiger partial charge in [0.15, 0.2) is 17.1 Å². The normalized spacial score (nSPS) is 11.5. The van der Waals surface area contributed by atoms with Crippen LogP contribution in [0.1, 0.15) is 12.5 Å². The van der Waals surface area contributed by atoms with Gasteiger partial charge in [-0.25, -0.2) is 4.98 Å². The molecule has 2 aromatic carbocycles. The highest BCUT2D eigenvalue weighted by atomic mass is 32.2. The van der Waals surface area contributed by atoms with E-state index in [1.165, 1.54) is 6.08 Å². The van der Waals surface area contributed by atoms with Crippen LogP contribution in [0.5, 0.6) is 11.5 Å². The highest BCUT2D eigenvalue weighted by molar-refractivity contribution is 8.03. The summed E-state index contributed by atoms with van der Waals surface area (Å²) in [5.74, 6) is -0.204. The van der Waals surface area contributed by atoms with E-state index in [1.807, 2.05) is 19.1 Å². The summed E-state index contributed by atoms with van der Waals surface area (Å²) in [7, 11) is 1.54. The monoisotopic (exact) mass is 370 g/mol. The van der Waals surface area contributed by atoms with Crippen LogP contribution in [0.3, 0.4) is 0 Å². The number of oxazole rings is 1. The first-order chi connectivity index (χ1) is 12.6. The molecule has 0 N–H and O–H groups in total. The number of para-hydroxylation sites is 2. The van der Waals surface area contributed by atoms with Gasteiger partial charge in [0.25, 0.3) is 5.22 Å². The number of benzene rings is 2. The van der Waals surface area contributed by atoms with Crippen LogP contribution in [0.2, 0.25) is 0 Å². The maximum absolute atomic E-state index is 11.5. The predicted octanol–water partition coefficient (Wildman–Crippen LogP) is 3.12. The minimum absolute atomic E-state index is 0.0239. The Bertz CT molecular complexity index is 930. The number of methoxy groups -OCH3 is 1. The van der Waals surface area contributed by atoms with Crippen molar-refractivity contribution in [3.8, 4) is 11.5 Å². The molecule has 7 heteroatoms. The number of ether oxygens (including phenoxy) is 2. The Hall–Kier alpha value is -2.93. The molecule has 0 spiro atoms. The fraction of sp³-hybridized carbons (Fsp3) is 0.158. The van der Waals surface area contributed by atoms with Crippen molar-refractivity contribution in [3.05, 3.63) is 52.9 Å². The summed E-state index contributed by atoms with van der Waals surface area (Å²) in [4.78, 5) is 15.8. The Labute approximate surface area is 154 Å². The van der Waals surface area contributed by atoms with Crippen LogP contribution < -0.4 is 14.6 Å². The van der Waals surface area contributed by atoms with E-state index in [2.05, 4.69) is 4.98 Å². The van der Waals surface area contributed by atoms with Crippen LogP contribution >= 0.6 is 11.8 Å². The predicted molar refractivity (Wildman–Crippen MR) is 97.0 cm³/mol. The summed E-state index contributed by atoms with van der Waals surface area (Å²) in [5, 5.41) is 11.8. The zero-order chi connectivity index (χ0) is 18.5. The zero-order valence-electron chi connectivity index (χ0n) is 14.2. The first-order valence-corrected chi connectivity index (χ1v) is 8.69. The van der Waals surface area contributed by atoms with E-state index >= 15 is 0 Å². The Balaban J connectivity index is 1.91. The molecule has 0 aliphatic rings. The Morgan fingerprint density at radius 3 is 2.77 bits per heavy atom. The molecule has 0 bridgehead atoms. The van der Waals surface area contributed by atoms with E-state index in [0.29, 0.717) is 34.8 Å². The lowest BCUT2D eigenvalue weighted by Crippen LogP contribution is -2.23. The molecule has 0 saturated heterocycles. The number of fused-ring (bicyclic) bond motifs is 1. The number of aromatic nitrogens is 1. The van der Waals surface area contributed by atoms with Crippen LogP contribution in [0.15, 0.2) is 57.0 Å². The van der Waals surface area contributed by atoms with Crippen molar-refractivity contribution in [2.24, 2.45) is 0 Å². The standard InChI is InChI=1S/C19H17NO5S/c1-3-24-16-10-12(8-9-15(16)23-2)11-17(18(21)22)26-19-20-13-6-4-5-7-14(13)25-19/h4-11H,3H2,1-2H3,(H,21,22)/p-1/b17-11+. The summed E-state index contributed by atoms with van der Waals surface area (Å²) in [6.07, 6.45) is 1.48. The van der Waals surface area contributed by atoms with Gasteiger partial charge in [0.2, 0.25) is 0 Å². The number of thioether (sulfide) groups is 1. The van der Waals surface area contributed by atoms with Gasteiger partial charge in [-0.1, -0.05) is 18.2 Å². The van der Waals surface area contributed by atoms with Crippen LogP contribution in [0.25, 0.3) is 17.2 Å². The lowest BCUT2D eigenvalue weighted by atomic mass is 10.2. The third-order valence-electron chi connectivity index (χ3n) is 3.46. The number of carboxylic acid groups (broad SMARTS) is 1. The average Bonchev–Trinajstić information content (AvgIpc) is 3.04. The van der Waals surface area contributed by atoms with Crippen molar-refractivity contribution in [2.45, 2.75) is 12.1 Å². The average molecular weight is 370 g/mol. The van der Waals surface area contributed by atoms with E-state index in [9.17, 15) is 9.90 Å². The molecular formula is C19H16NO5S-. The lowest BCUT2D eigenvalue weighted by Gasteiger charge is -2.11. The SMILES string of the molecule is CCOc1cc(/C=C(/Sc2nc3ccccc3o2)C(=O)[O-])ccc1OC. The highest BCUT2D eigenvalue weighted by Gasteiger charge is 2.11. The fourth-order valence-electron chi connectivity index (χ4n) is 2.32. The van der Waals surface area contributed by atoms with E-state index in [0.717, 1.165) is 11.8 Å². The number of carboxylic acids is 1. The van der Waals surface area contributed by atoms with Crippen molar-refractivity contribution in [1.82, 2.24) is 4.98 Å². The molecule has 1 aromatic heterocycles. The summed E-state index contributed by atoms with van der Waals surface area (Å²) in [5.41, 5.74) is 1.89. The molecular weight excluding hydrogens is 354 g/mol. The molecule has 3 rings (SSSR count). The highest BCUT2D eigenvalue weighted by Crippen LogP contribution is 2.33. The minimum atomic E-state index is -1.31. The summed E-state index contributed by atoms with van der Waals surface area (Å²) in [6, 6.07) is 12.4. The Kier molecular flexibility index (Phi) is 5.48. The second-order valence-electron chi connectivity index (χ2n) is 5.19. The molecule has 6 nitrogen and oxygen atoms in total. The Morgan fingerprint density at radius 2 is 2.08 bits per heavy atom. The second kappa shape index (κ2) is 7.97. The molecule has 0 aliphatic carbocycles. The van der Waals surface area contributed by atoms with Crippen LogP contribution in [0, 0.1) is 0 Å². The molecule has 26 heavy (non-hydrogen) atoms. The van der Waals surface area contributed by atoms with Gasteiger partial charge in [-0.3, -0.25) is 0 Å². The number of nitrogens with zero attached hydrogens (tertiary/aromatic N) is 1. The molecule has 134 valence electrons. The summed E-state index contributed by atoms with van der Waals surface area (Å²) in [6.45, 7) is 2.33. The van der Waals surface area contributed by atoms with Gasteiger partial charge in [0, 0.05) is 4.91 Å². The molecule has 0 atom stereocenters. The number of carbonyl (C=O) groups excluding carboxylic acids is 1. The molecule has 0 fully saturated rings. The van der Waals surface area contributed by atoms with Crippen molar-refractivity contribution < 1.29 is 23.8 Å². The van der Waals surface area contributed by atoms with Crippen molar-refractivity contribution in [3.63, 3.8) is 0 Å². The quantitative estimate of drug-likeness (QED) is 0.467. The first-order valence-electron chi connectivity index (χ1n) is 7.88. The zero-order valence-corrected chi connectivity index (χ0v) is 15.0. The van der Waals surface area contributed by atoms with Gasteiger partial charge in [0.1, 0.15) is 5.52 Å². The number of carbonyl (C=O) groups is 1. The number of hydrogen-bond donors (Lipinski definition) is 0.